The van der Waals surface area contributed by atoms with Crippen molar-refractivity contribution in [2.45, 2.75) is 51.2 Å². The Morgan fingerprint density at radius 1 is 1.29 bits per heavy atom. The third-order valence-corrected chi connectivity index (χ3v) is 3.30. The molecule has 0 radical (unpaired) electrons. The minimum absolute atomic E-state index is 0.171. The first kappa shape index (κ1) is 14.8. The van der Waals surface area contributed by atoms with Gasteiger partial charge in [0.1, 0.15) is 6.61 Å². The van der Waals surface area contributed by atoms with Crippen LogP contribution in [-0.4, -0.2) is 32.0 Å². The van der Waals surface area contributed by atoms with Crippen molar-refractivity contribution in [3.05, 3.63) is 0 Å². The third kappa shape index (κ3) is 6.88. The van der Waals surface area contributed by atoms with Gasteiger partial charge in [0, 0.05) is 12.6 Å². The zero-order valence-electron chi connectivity index (χ0n) is 10.4. The number of hydrogen-bond acceptors (Lipinski definition) is 2. The van der Waals surface area contributed by atoms with Crippen molar-refractivity contribution in [2.24, 2.45) is 5.92 Å². The SMILES string of the molecule is C[C@@H](NCCCOCC(F)(F)F)C1CCCC1. The van der Waals surface area contributed by atoms with Crippen molar-refractivity contribution in [1.29, 1.82) is 0 Å². The summed E-state index contributed by atoms with van der Waals surface area (Å²) in [6, 6.07) is 0.472. The Morgan fingerprint density at radius 2 is 1.94 bits per heavy atom. The van der Waals surface area contributed by atoms with Crippen LogP contribution in [0.25, 0.3) is 0 Å². The van der Waals surface area contributed by atoms with Crippen LogP contribution in [0.5, 0.6) is 0 Å². The van der Waals surface area contributed by atoms with Gasteiger partial charge in [-0.15, -0.1) is 0 Å². The Balaban J connectivity index is 1.93. The average Bonchev–Trinajstić information content (AvgIpc) is 2.74. The van der Waals surface area contributed by atoms with Gasteiger partial charge in [0.2, 0.25) is 0 Å². The molecule has 1 rings (SSSR count). The Labute approximate surface area is 101 Å². The Morgan fingerprint density at radius 3 is 2.53 bits per heavy atom. The average molecular weight is 253 g/mol. The van der Waals surface area contributed by atoms with Gasteiger partial charge in [0.05, 0.1) is 0 Å². The Bertz CT molecular complexity index is 202. The van der Waals surface area contributed by atoms with Crippen molar-refractivity contribution in [3.8, 4) is 0 Å². The Kier molecular flexibility index (Phi) is 6.27. The van der Waals surface area contributed by atoms with Crippen LogP contribution in [0.1, 0.15) is 39.0 Å². The zero-order chi connectivity index (χ0) is 12.7. The predicted octanol–water partition coefficient (Wildman–Crippen LogP) is 3.12. The summed E-state index contributed by atoms with van der Waals surface area (Å²) < 4.78 is 39.8. The second-order valence-corrected chi connectivity index (χ2v) is 4.81. The van der Waals surface area contributed by atoms with Gasteiger partial charge in [0.15, 0.2) is 0 Å². The van der Waals surface area contributed by atoms with E-state index in [2.05, 4.69) is 17.0 Å². The Hall–Kier alpha value is -0.290. The van der Waals surface area contributed by atoms with E-state index < -0.39 is 12.8 Å². The highest BCUT2D eigenvalue weighted by Crippen LogP contribution is 2.27. The summed E-state index contributed by atoms with van der Waals surface area (Å²) in [7, 11) is 0. The molecule has 0 aromatic heterocycles. The summed E-state index contributed by atoms with van der Waals surface area (Å²) in [5.41, 5.74) is 0. The van der Waals surface area contributed by atoms with E-state index in [0.717, 1.165) is 12.5 Å². The molecule has 0 saturated heterocycles. The summed E-state index contributed by atoms with van der Waals surface area (Å²) in [6.45, 7) is 1.93. The molecule has 1 saturated carbocycles. The topological polar surface area (TPSA) is 21.3 Å². The fourth-order valence-electron chi connectivity index (χ4n) is 2.32. The van der Waals surface area contributed by atoms with Gasteiger partial charge in [-0.1, -0.05) is 12.8 Å². The van der Waals surface area contributed by atoms with Crippen LogP contribution in [0, 0.1) is 5.92 Å². The quantitative estimate of drug-likeness (QED) is 0.704. The van der Waals surface area contributed by atoms with E-state index in [1.165, 1.54) is 25.7 Å². The molecule has 102 valence electrons. The van der Waals surface area contributed by atoms with Gasteiger partial charge in [0.25, 0.3) is 0 Å². The maximum Gasteiger partial charge on any atom is 0.411 e. The number of alkyl halides is 3. The maximum absolute atomic E-state index is 11.8. The lowest BCUT2D eigenvalue weighted by Gasteiger charge is -2.20. The lowest BCUT2D eigenvalue weighted by molar-refractivity contribution is -0.173. The highest BCUT2D eigenvalue weighted by atomic mass is 19.4. The van der Waals surface area contributed by atoms with Crippen molar-refractivity contribution in [2.75, 3.05) is 19.8 Å². The molecule has 1 fully saturated rings. The van der Waals surface area contributed by atoms with Crippen molar-refractivity contribution >= 4 is 0 Å². The lowest BCUT2D eigenvalue weighted by atomic mass is 10.00. The molecular formula is C12H22F3NO. The van der Waals surface area contributed by atoms with Crippen LogP contribution >= 0.6 is 0 Å². The van der Waals surface area contributed by atoms with Gasteiger partial charge < -0.3 is 10.1 Å². The largest absolute Gasteiger partial charge is 0.411 e. The molecule has 2 nitrogen and oxygen atoms in total. The van der Waals surface area contributed by atoms with Gasteiger partial charge in [-0.3, -0.25) is 0 Å². The predicted molar refractivity (Wildman–Crippen MR) is 60.9 cm³/mol. The summed E-state index contributed by atoms with van der Waals surface area (Å²) in [4.78, 5) is 0. The summed E-state index contributed by atoms with van der Waals surface area (Å²) in [5, 5.41) is 3.36. The fourth-order valence-corrected chi connectivity index (χ4v) is 2.32. The summed E-state index contributed by atoms with van der Waals surface area (Å²) >= 11 is 0. The van der Waals surface area contributed by atoms with E-state index in [4.69, 9.17) is 0 Å². The van der Waals surface area contributed by atoms with Crippen LogP contribution in [0.4, 0.5) is 13.2 Å². The van der Waals surface area contributed by atoms with E-state index in [1.807, 2.05) is 0 Å². The van der Waals surface area contributed by atoms with Crippen molar-refractivity contribution in [3.63, 3.8) is 0 Å². The van der Waals surface area contributed by atoms with Gasteiger partial charge in [-0.25, -0.2) is 0 Å². The third-order valence-electron chi connectivity index (χ3n) is 3.30. The minimum atomic E-state index is -4.20. The van der Waals surface area contributed by atoms with Crippen LogP contribution in [-0.2, 0) is 4.74 Å². The van der Waals surface area contributed by atoms with E-state index in [1.54, 1.807) is 0 Å². The van der Waals surface area contributed by atoms with Crippen molar-refractivity contribution in [1.82, 2.24) is 5.32 Å². The van der Waals surface area contributed by atoms with Gasteiger partial charge in [-0.05, 0) is 38.6 Å². The molecule has 0 amide bonds. The lowest BCUT2D eigenvalue weighted by Crippen LogP contribution is -2.33. The minimum Gasteiger partial charge on any atom is -0.372 e. The molecule has 5 heteroatoms. The molecule has 1 aliphatic rings. The molecule has 1 aliphatic carbocycles. The number of halogens is 3. The maximum atomic E-state index is 11.8. The molecule has 0 aliphatic heterocycles. The fraction of sp³-hybridized carbons (Fsp3) is 1.00. The number of ether oxygens (including phenoxy) is 1. The first-order chi connectivity index (χ1) is 7.99. The normalized spacial score (nSPS) is 19.8. The van der Waals surface area contributed by atoms with Crippen LogP contribution in [0.2, 0.25) is 0 Å². The second kappa shape index (κ2) is 7.21. The summed E-state index contributed by atoms with van der Waals surface area (Å²) in [6.07, 6.45) is 1.60. The van der Waals surface area contributed by atoms with Crippen LogP contribution in [0.15, 0.2) is 0 Å². The zero-order valence-corrected chi connectivity index (χ0v) is 10.4. The number of rotatable bonds is 7. The molecule has 0 aromatic carbocycles. The first-order valence-corrected chi connectivity index (χ1v) is 6.37. The molecule has 0 spiro atoms. The van der Waals surface area contributed by atoms with Gasteiger partial charge >= 0.3 is 6.18 Å². The van der Waals surface area contributed by atoms with Crippen LogP contribution < -0.4 is 5.32 Å². The highest BCUT2D eigenvalue weighted by Gasteiger charge is 2.27. The monoisotopic (exact) mass is 253 g/mol. The molecule has 0 aromatic rings. The highest BCUT2D eigenvalue weighted by molar-refractivity contribution is 4.76. The van der Waals surface area contributed by atoms with E-state index >= 15 is 0 Å². The molecule has 17 heavy (non-hydrogen) atoms. The van der Waals surface area contributed by atoms with E-state index in [-0.39, 0.29) is 6.61 Å². The molecule has 1 N–H and O–H groups in total. The van der Waals surface area contributed by atoms with Gasteiger partial charge in [-0.2, -0.15) is 13.2 Å². The molecule has 0 heterocycles. The molecular weight excluding hydrogens is 231 g/mol. The van der Waals surface area contributed by atoms with E-state index in [9.17, 15) is 13.2 Å². The molecule has 0 unspecified atom stereocenters. The second-order valence-electron chi connectivity index (χ2n) is 4.81. The smallest absolute Gasteiger partial charge is 0.372 e. The summed E-state index contributed by atoms with van der Waals surface area (Å²) in [5.74, 6) is 0.742. The van der Waals surface area contributed by atoms with Crippen molar-refractivity contribution < 1.29 is 17.9 Å². The number of hydrogen-bond donors (Lipinski definition) is 1. The van der Waals surface area contributed by atoms with E-state index in [0.29, 0.717) is 12.5 Å². The first-order valence-electron chi connectivity index (χ1n) is 6.37. The molecule has 0 bridgehead atoms. The van der Waals surface area contributed by atoms with Crippen LogP contribution in [0.3, 0.4) is 0 Å². The number of nitrogens with one attached hydrogen (secondary N) is 1. The standard InChI is InChI=1S/C12H22F3NO/c1-10(11-5-2-3-6-11)16-7-4-8-17-9-12(13,14)15/h10-11,16H,2-9H2,1H3/t10-/m1/s1. The molecule has 1 atom stereocenters.